The highest BCUT2D eigenvalue weighted by molar-refractivity contribution is 5.28. The van der Waals surface area contributed by atoms with Crippen LogP contribution in [0.15, 0.2) is 42.5 Å². The van der Waals surface area contributed by atoms with E-state index < -0.39 is 0 Å². The van der Waals surface area contributed by atoms with Crippen molar-refractivity contribution < 1.29 is 0 Å². The van der Waals surface area contributed by atoms with Crippen molar-refractivity contribution in [1.29, 1.82) is 0 Å². The van der Waals surface area contributed by atoms with Gasteiger partial charge in [0.15, 0.2) is 0 Å². The van der Waals surface area contributed by atoms with Crippen LogP contribution in [0.1, 0.15) is 123 Å². The van der Waals surface area contributed by atoms with Gasteiger partial charge in [-0.25, -0.2) is 0 Å². The van der Waals surface area contributed by atoms with Gasteiger partial charge in [-0.3, -0.25) is 0 Å². The van der Waals surface area contributed by atoms with Gasteiger partial charge in [-0.2, -0.15) is 0 Å². The Morgan fingerprint density at radius 1 is 0.594 bits per heavy atom. The first kappa shape index (κ1) is 40.8. The molecule has 1 unspecified atom stereocenters. The molecule has 0 heterocycles. The van der Waals surface area contributed by atoms with E-state index in [4.69, 9.17) is 0 Å². The largest absolute Gasteiger partial charge is 0.0776 e. The van der Waals surface area contributed by atoms with Crippen LogP contribution < -0.4 is 0 Å². The smallest absolute Gasteiger partial charge is 0.0395 e. The molecule has 0 bridgehead atoms. The van der Waals surface area contributed by atoms with Gasteiger partial charge in [0.1, 0.15) is 0 Å². The molecule has 0 aliphatic heterocycles. The molecule has 1 atom stereocenters. The first-order valence-corrected chi connectivity index (χ1v) is 11.9. The van der Waals surface area contributed by atoms with Crippen molar-refractivity contribution >= 4 is 0 Å². The predicted octanol–water partition coefficient (Wildman–Crippen LogP) is 11.9. The van der Waals surface area contributed by atoms with Crippen molar-refractivity contribution in [2.24, 2.45) is 5.92 Å². The highest BCUT2D eigenvalue weighted by atomic mass is 14.0. The number of rotatable bonds is 6. The summed E-state index contributed by atoms with van der Waals surface area (Å²) < 4.78 is 0. The summed E-state index contributed by atoms with van der Waals surface area (Å²) in [6, 6.07) is 14.9. The predicted molar refractivity (Wildman–Crippen MR) is 156 cm³/mol. The Hall–Kier alpha value is -1.56. The van der Waals surface area contributed by atoms with E-state index in [1.54, 1.807) is 0 Å². The van der Waals surface area contributed by atoms with Crippen molar-refractivity contribution in [3.8, 4) is 0 Å². The highest BCUT2D eigenvalue weighted by Gasteiger charge is 1.98. The van der Waals surface area contributed by atoms with Gasteiger partial charge in [-0.05, 0) is 62.8 Å². The fourth-order valence-corrected chi connectivity index (χ4v) is 2.93. The van der Waals surface area contributed by atoms with Crippen molar-refractivity contribution in [3.63, 3.8) is 0 Å². The third kappa shape index (κ3) is 23.1. The van der Waals surface area contributed by atoms with Crippen LogP contribution in [0.2, 0.25) is 0 Å². The molecule has 0 saturated heterocycles. The lowest BCUT2D eigenvalue weighted by atomic mass is 9.99. The van der Waals surface area contributed by atoms with Crippen molar-refractivity contribution in [2.45, 2.75) is 130 Å². The van der Waals surface area contributed by atoms with E-state index in [0.717, 1.165) is 5.92 Å². The number of unbranched alkanes of at least 4 members (excludes halogenated alkanes) is 2. The lowest BCUT2D eigenvalue weighted by Gasteiger charge is -2.07. The molecule has 32 heavy (non-hydrogen) atoms. The highest BCUT2D eigenvalue weighted by Crippen LogP contribution is 2.14. The molecular formula is C32H62. The molecule has 0 heteroatoms. The third-order valence-electron chi connectivity index (χ3n) is 5.17. The average Bonchev–Trinajstić information content (AvgIpc) is 2.70. The summed E-state index contributed by atoms with van der Waals surface area (Å²) >= 11 is 0. The first-order chi connectivity index (χ1) is 13.8. The Morgan fingerprint density at radius 3 is 1.41 bits per heavy atom. The molecule has 0 N–H and O–H groups in total. The van der Waals surface area contributed by atoms with Gasteiger partial charge in [0, 0.05) is 0 Å². The summed E-state index contributed by atoms with van der Waals surface area (Å²) in [4.78, 5) is 0. The standard InChI is InChI=1S/C10H22.C9H12.C8H10.C2H6.3CH4/c1-4-6-7-9-10(3)8-5-2;1-7-4-5-8(2)9(3)6-7;1-7-5-3-4-6-8(7)2;1-2;;;/h10H,4-9H2,1-3H3;4-6H,1-3H3;3-6H,1-2H3;1-2H3;3*1H4. The molecule has 0 aliphatic carbocycles. The SMILES string of the molecule is C.C.C.CC.CCCCCC(C)CCC.Cc1ccc(C)c(C)c1.Cc1ccccc1C. The summed E-state index contributed by atoms with van der Waals surface area (Å²) in [7, 11) is 0. The molecule has 190 valence electrons. The summed E-state index contributed by atoms with van der Waals surface area (Å²) in [5.74, 6) is 0.969. The van der Waals surface area contributed by atoms with Crippen molar-refractivity contribution in [2.75, 3.05) is 0 Å². The second-order valence-corrected chi connectivity index (χ2v) is 8.06. The number of benzene rings is 2. The zero-order valence-corrected chi connectivity index (χ0v) is 21.4. The van der Waals surface area contributed by atoms with Crippen LogP contribution in [0.5, 0.6) is 0 Å². The van der Waals surface area contributed by atoms with E-state index in [1.165, 1.54) is 66.3 Å². The second-order valence-electron chi connectivity index (χ2n) is 8.06. The number of aryl methyl sites for hydroxylation is 5. The number of hydrogen-bond acceptors (Lipinski definition) is 0. The lowest BCUT2D eigenvalue weighted by molar-refractivity contribution is 0.459. The lowest BCUT2D eigenvalue weighted by Crippen LogP contribution is -1.92. The summed E-state index contributed by atoms with van der Waals surface area (Å²) in [5.41, 5.74) is 6.84. The van der Waals surface area contributed by atoms with E-state index in [2.05, 4.69) is 97.9 Å². The Bertz CT molecular complexity index is 588. The maximum Gasteiger partial charge on any atom is -0.0395 e. The van der Waals surface area contributed by atoms with Gasteiger partial charge in [-0.15, -0.1) is 0 Å². The van der Waals surface area contributed by atoms with Crippen LogP contribution in [0.25, 0.3) is 0 Å². The third-order valence-corrected chi connectivity index (χ3v) is 5.17. The van der Waals surface area contributed by atoms with Crippen LogP contribution >= 0.6 is 0 Å². The summed E-state index contributed by atoms with van der Waals surface area (Å²) in [6.45, 7) is 21.5. The fraction of sp³-hybridized carbons (Fsp3) is 0.625. The van der Waals surface area contributed by atoms with Gasteiger partial charge in [0.25, 0.3) is 0 Å². The van der Waals surface area contributed by atoms with E-state index in [9.17, 15) is 0 Å². The van der Waals surface area contributed by atoms with E-state index in [0.29, 0.717) is 0 Å². The molecule has 0 aliphatic rings. The molecule has 0 fully saturated rings. The Labute approximate surface area is 206 Å². The molecular weight excluding hydrogens is 384 g/mol. The van der Waals surface area contributed by atoms with Crippen molar-refractivity contribution in [3.05, 3.63) is 70.3 Å². The molecule has 0 amide bonds. The normalized spacial score (nSPS) is 9.44. The molecule has 0 radical (unpaired) electrons. The van der Waals surface area contributed by atoms with E-state index in [1.807, 2.05) is 13.8 Å². The molecule has 2 rings (SSSR count). The zero-order valence-electron chi connectivity index (χ0n) is 21.4. The van der Waals surface area contributed by atoms with Gasteiger partial charge in [0.2, 0.25) is 0 Å². The zero-order chi connectivity index (χ0) is 22.7. The van der Waals surface area contributed by atoms with Gasteiger partial charge >= 0.3 is 0 Å². The first-order valence-electron chi connectivity index (χ1n) is 11.9. The quantitative estimate of drug-likeness (QED) is 0.387. The molecule has 2 aromatic rings. The van der Waals surface area contributed by atoms with E-state index >= 15 is 0 Å². The minimum Gasteiger partial charge on any atom is -0.0776 e. The van der Waals surface area contributed by atoms with Crippen LogP contribution in [0, 0.1) is 40.5 Å². The fourth-order valence-electron chi connectivity index (χ4n) is 2.93. The van der Waals surface area contributed by atoms with Crippen LogP contribution in [-0.2, 0) is 0 Å². The minimum absolute atomic E-state index is 0. The number of hydrogen-bond donors (Lipinski definition) is 0. The minimum atomic E-state index is 0. The maximum atomic E-state index is 2.37. The van der Waals surface area contributed by atoms with E-state index in [-0.39, 0.29) is 22.3 Å². The summed E-state index contributed by atoms with van der Waals surface area (Å²) in [5, 5.41) is 0. The van der Waals surface area contributed by atoms with Gasteiger partial charge in [0.05, 0.1) is 0 Å². The molecule has 0 saturated carbocycles. The monoisotopic (exact) mass is 446 g/mol. The Morgan fingerprint density at radius 2 is 1.06 bits per heavy atom. The van der Waals surface area contributed by atoms with Crippen LogP contribution in [0.4, 0.5) is 0 Å². The topological polar surface area (TPSA) is 0 Å². The van der Waals surface area contributed by atoms with Gasteiger partial charge < -0.3 is 0 Å². The second kappa shape index (κ2) is 27.5. The van der Waals surface area contributed by atoms with Gasteiger partial charge in [-0.1, -0.05) is 143 Å². The Kier molecular flexibility index (Phi) is 35.0. The average molecular weight is 447 g/mol. The summed E-state index contributed by atoms with van der Waals surface area (Å²) in [6.07, 6.45) is 8.45. The molecule has 2 aromatic carbocycles. The maximum absolute atomic E-state index is 2.37. The van der Waals surface area contributed by atoms with Crippen molar-refractivity contribution in [1.82, 2.24) is 0 Å². The Balaban J connectivity index is -0.000000105. The van der Waals surface area contributed by atoms with Crippen LogP contribution in [-0.4, -0.2) is 0 Å². The van der Waals surface area contributed by atoms with Crippen LogP contribution in [0.3, 0.4) is 0 Å². The molecule has 0 spiro atoms. The molecule has 0 nitrogen and oxygen atoms in total. The molecule has 0 aromatic heterocycles.